The number of methoxy groups -OCH3 is 1. The molecule has 0 heterocycles. The van der Waals surface area contributed by atoms with Gasteiger partial charge in [-0.25, -0.2) is 0 Å². The number of nitrogens with one attached hydrogen (secondary N) is 1. The molecular weight excluding hydrogens is 398 g/mol. The topological polar surface area (TPSA) is 38.3 Å². The maximum Gasteiger partial charge on any atom is 0.255 e. The van der Waals surface area contributed by atoms with Crippen molar-refractivity contribution in [2.75, 3.05) is 7.11 Å². The van der Waals surface area contributed by atoms with Crippen LogP contribution in [0.5, 0.6) is 5.75 Å². The highest BCUT2D eigenvalue weighted by molar-refractivity contribution is 9.10. The minimum atomic E-state index is -0.158. The van der Waals surface area contributed by atoms with E-state index >= 15 is 0 Å². The molecule has 110 valence electrons. The molecule has 2 aromatic rings. The maximum atomic E-state index is 12.4. The van der Waals surface area contributed by atoms with E-state index in [4.69, 9.17) is 4.74 Å². The molecule has 0 saturated carbocycles. The first kappa shape index (κ1) is 16.0. The number of benzene rings is 2. The van der Waals surface area contributed by atoms with Crippen molar-refractivity contribution < 1.29 is 9.53 Å². The summed E-state index contributed by atoms with van der Waals surface area (Å²) in [6.45, 7) is 1.95. The minimum Gasteiger partial charge on any atom is -0.496 e. The van der Waals surface area contributed by atoms with E-state index in [0.29, 0.717) is 11.3 Å². The Morgan fingerprint density at radius 3 is 2.33 bits per heavy atom. The van der Waals surface area contributed by atoms with E-state index in [2.05, 4.69) is 37.2 Å². The second-order valence-electron chi connectivity index (χ2n) is 4.59. The molecule has 0 aliphatic rings. The monoisotopic (exact) mass is 411 g/mol. The Morgan fingerprint density at radius 2 is 1.71 bits per heavy atom. The lowest BCUT2D eigenvalue weighted by Crippen LogP contribution is -2.27. The lowest BCUT2D eigenvalue weighted by atomic mass is 10.1. The number of amides is 1. The fraction of sp³-hybridized carbons (Fsp3) is 0.188. The fourth-order valence-electron chi connectivity index (χ4n) is 1.96. The van der Waals surface area contributed by atoms with Crippen LogP contribution in [0.2, 0.25) is 0 Å². The molecule has 2 rings (SSSR count). The normalized spacial score (nSPS) is 11.8. The molecule has 0 aromatic heterocycles. The van der Waals surface area contributed by atoms with Crippen molar-refractivity contribution in [3.63, 3.8) is 0 Å². The van der Waals surface area contributed by atoms with Crippen LogP contribution in [0.4, 0.5) is 0 Å². The number of carbonyl (C=O) groups excluding carboxylic acids is 1. The van der Waals surface area contributed by atoms with Gasteiger partial charge in [-0.2, -0.15) is 0 Å². The molecule has 21 heavy (non-hydrogen) atoms. The molecule has 1 N–H and O–H groups in total. The second-order valence-corrected chi connectivity index (χ2v) is 6.42. The number of halogens is 2. The number of rotatable bonds is 4. The average Bonchev–Trinajstić information content (AvgIpc) is 2.47. The molecule has 0 aliphatic heterocycles. The first-order valence-electron chi connectivity index (χ1n) is 6.41. The molecule has 0 radical (unpaired) electrons. The molecule has 0 saturated heterocycles. The quantitative estimate of drug-likeness (QED) is 0.789. The van der Waals surface area contributed by atoms with E-state index < -0.39 is 0 Å². The van der Waals surface area contributed by atoms with E-state index in [1.165, 1.54) is 0 Å². The van der Waals surface area contributed by atoms with Crippen molar-refractivity contribution in [1.29, 1.82) is 0 Å². The molecule has 1 atom stereocenters. The molecule has 5 heteroatoms. The summed E-state index contributed by atoms with van der Waals surface area (Å²) in [5.41, 5.74) is 1.56. The van der Waals surface area contributed by atoms with Crippen LogP contribution in [0.3, 0.4) is 0 Å². The van der Waals surface area contributed by atoms with Gasteiger partial charge in [-0.05, 0) is 42.8 Å². The van der Waals surface area contributed by atoms with Crippen molar-refractivity contribution in [2.24, 2.45) is 0 Å². The predicted molar refractivity (Wildman–Crippen MR) is 90.7 cm³/mol. The van der Waals surface area contributed by atoms with Gasteiger partial charge in [0.1, 0.15) is 5.75 Å². The summed E-state index contributed by atoms with van der Waals surface area (Å²) in [4.78, 5) is 12.4. The zero-order chi connectivity index (χ0) is 15.4. The van der Waals surface area contributed by atoms with E-state index in [1.807, 2.05) is 37.3 Å². The summed E-state index contributed by atoms with van der Waals surface area (Å²) in [5, 5.41) is 2.98. The van der Waals surface area contributed by atoms with Crippen LogP contribution >= 0.6 is 31.9 Å². The Hall–Kier alpha value is -1.33. The van der Waals surface area contributed by atoms with E-state index in [-0.39, 0.29) is 11.9 Å². The van der Waals surface area contributed by atoms with E-state index in [9.17, 15) is 4.79 Å². The Kier molecular flexibility index (Phi) is 5.42. The van der Waals surface area contributed by atoms with Crippen LogP contribution in [0.25, 0.3) is 0 Å². The molecule has 0 unspecified atom stereocenters. The van der Waals surface area contributed by atoms with Crippen molar-refractivity contribution >= 4 is 37.8 Å². The van der Waals surface area contributed by atoms with Crippen LogP contribution < -0.4 is 10.1 Å². The Balaban J connectivity index is 2.16. The minimum absolute atomic E-state index is 0.0843. The zero-order valence-corrected chi connectivity index (χ0v) is 14.9. The van der Waals surface area contributed by atoms with E-state index in [1.54, 1.807) is 19.2 Å². The standard InChI is InChI=1S/C16H15Br2NO2/c1-10(11-3-5-12(17)6-4-11)19-16(20)14-8-7-13(18)9-15(14)21-2/h3-10H,1-2H3,(H,19,20)/t10-/m0/s1. The lowest BCUT2D eigenvalue weighted by Gasteiger charge is -2.16. The number of ether oxygens (including phenoxy) is 1. The van der Waals surface area contributed by atoms with Crippen LogP contribution in [0.1, 0.15) is 28.9 Å². The van der Waals surface area contributed by atoms with E-state index in [0.717, 1.165) is 14.5 Å². The van der Waals surface area contributed by atoms with Gasteiger partial charge in [0, 0.05) is 8.95 Å². The van der Waals surface area contributed by atoms with Crippen molar-refractivity contribution in [3.8, 4) is 5.75 Å². The smallest absolute Gasteiger partial charge is 0.255 e. The second kappa shape index (κ2) is 7.09. The fourth-order valence-corrected chi connectivity index (χ4v) is 2.57. The molecule has 0 bridgehead atoms. The summed E-state index contributed by atoms with van der Waals surface area (Å²) in [6.07, 6.45) is 0. The first-order valence-corrected chi connectivity index (χ1v) is 7.99. The van der Waals surface area contributed by atoms with Gasteiger partial charge in [-0.1, -0.05) is 44.0 Å². The molecule has 3 nitrogen and oxygen atoms in total. The summed E-state index contributed by atoms with van der Waals surface area (Å²) in [6, 6.07) is 13.1. The highest BCUT2D eigenvalue weighted by Gasteiger charge is 2.15. The van der Waals surface area contributed by atoms with Gasteiger partial charge in [0.05, 0.1) is 18.7 Å². The molecule has 1 amide bonds. The molecular formula is C16H15Br2NO2. The van der Waals surface area contributed by atoms with Gasteiger partial charge in [-0.15, -0.1) is 0 Å². The Labute approximate surface area is 141 Å². The largest absolute Gasteiger partial charge is 0.496 e. The molecule has 0 spiro atoms. The van der Waals surface area contributed by atoms with Gasteiger partial charge in [0.25, 0.3) is 5.91 Å². The summed E-state index contributed by atoms with van der Waals surface area (Å²) in [5.74, 6) is 0.389. The molecule has 2 aromatic carbocycles. The number of hydrogen-bond donors (Lipinski definition) is 1. The average molecular weight is 413 g/mol. The predicted octanol–water partition coefficient (Wildman–Crippen LogP) is 4.71. The van der Waals surface area contributed by atoms with Gasteiger partial charge in [0.15, 0.2) is 0 Å². The van der Waals surface area contributed by atoms with Crippen molar-refractivity contribution in [3.05, 3.63) is 62.5 Å². The highest BCUT2D eigenvalue weighted by atomic mass is 79.9. The SMILES string of the molecule is COc1cc(Br)ccc1C(=O)N[C@@H](C)c1ccc(Br)cc1. The third-order valence-electron chi connectivity index (χ3n) is 3.13. The number of carbonyl (C=O) groups is 1. The van der Waals surface area contributed by atoms with Crippen molar-refractivity contribution in [1.82, 2.24) is 5.32 Å². The van der Waals surface area contributed by atoms with Crippen molar-refractivity contribution in [2.45, 2.75) is 13.0 Å². The van der Waals surface area contributed by atoms with Crippen LogP contribution in [-0.4, -0.2) is 13.0 Å². The Bertz CT molecular complexity index is 641. The lowest BCUT2D eigenvalue weighted by molar-refractivity contribution is 0.0937. The Morgan fingerprint density at radius 1 is 1.10 bits per heavy atom. The van der Waals surface area contributed by atoms with Crippen LogP contribution in [0.15, 0.2) is 51.4 Å². The summed E-state index contributed by atoms with van der Waals surface area (Å²) >= 11 is 6.76. The van der Waals surface area contributed by atoms with Gasteiger partial charge >= 0.3 is 0 Å². The highest BCUT2D eigenvalue weighted by Crippen LogP contribution is 2.24. The van der Waals surface area contributed by atoms with Gasteiger partial charge < -0.3 is 10.1 Å². The van der Waals surface area contributed by atoms with Crippen LogP contribution in [0, 0.1) is 0 Å². The molecule has 0 fully saturated rings. The molecule has 0 aliphatic carbocycles. The third-order valence-corrected chi connectivity index (χ3v) is 4.15. The zero-order valence-electron chi connectivity index (χ0n) is 11.7. The van der Waals surface area contributed by atoms with Gasteiger partial charge in [-0.3, -0.25) is 4.79 Å². The third kappa shape index (κ3) is 4.08. The van der Waals surface area contributed by atoms with Gasteiger partial charge in [0.2, 0.25) is 0 Å². The summed E-state index contributed by atoms with van der Waals surface area (Å²) < 4.78 is 7.14. The first-order chi connectivity index (χ1) is 10.0. The maximum absolute atomic E-state index is 12.4. The summed E-state index contributed by atoms with van der Waals surface area (Å²) in [7, 11) is 1.55. The number of hydrogen-bond acceptors (Lipinski definition) is 2. The van der Waals surface area contributed by atoms with Crippen LogP contribution in [-0.2, 0) is 0 Å².